The highest BCUT2D eigenvalue weighted by molar-refractivity contribution is 5.82. The number of aliphatic hydroxyl groups excluding tert-OH is 1. The fourth-order valence-corrected chi connectivity index (χ4v) is 3.95. The molecule has 1 aromatic rings. The zero-order chi connectivity index (χ0) is 17.1. The molecule has 1 amide bonds. The number of fused-ring (bicyclic) bond motifs is 1. The first-order valence-corrected chi connectivity index (χ1v) is 9.02. The Labute approximate surface area is 144 Å². The summed E-state index contributed by atoms with van der Waals surface area (Å²) >= 11 is 0. The van der Waals surface area contributed by atoms with Crippen LogP contribution in [0.25, 0.3) is 0 Å². The summed E-state index contributed by atoms with van der Waals surface area (Å²) in [6.07, 6.45) is 3.36. The standard InChI is InChI=1S/C19H28N2O3/c1-13(22)12-15-6-5-10-21(15)14(2)19(23)20-17-9-11-24-18-8-4-3-7-16(17)18/h3-4,7-8,13-15,17,22H,5-6,9-12H2,1-2H3,(H,20,23)/t13-,14+,15-,17-/m0/s1. The lowest BCUT2D eigenvalue weighted by Crippen LogP contribution is -2.49. The van der Waals surface area contributed by atoms with Crippen LogP contribution in [0.15, 0.2) is 24.3 Å². The third kappa shape index (κ3) is 3.73. The average molecular weight is 332 g/mol. The van der Waals surface area contributed by atoms with Crippen LogP contribution in [0, 0.1) is 0 Å². The molecule has 2 N–H and O–H groups in total. The van der Waals surface area contributed by atoms with Crippen molar-refractivity contribution in [2.75, 3.05) is 13.2 Å². The number of nitrogens with zero attached hydrogens (tertiary/aromatic N) is 1. The topological polar surface area (TPSA) is 61.8 Å². The van der Waals surface area contributed by atoms with E-state index in [1.165, 1.54) is 0 Å². The van der Waals surface area contributed by atoms with Crippen molar-refractivity contribution in [2.24, 2.45) is 0 Å². The molecule has 0 aromatic heterocycles. The van der Waals surface area contributed by atoms with E-state index in [0.717, 1.165) is 43.5 Å². The van der Waals surface area contributed by atoms with Gasteiger partial charge in [0.2, 0.25) is 5.91 Å². The molecule has 0 aliphatic carbocycles. The fourth-order valence-electron chi connectivity index (χ4n) is 3.95. The van der Waals surface area contributed by atoms with Crippen molar-refractivity contribution in [3.8, 4) is 5.75 Å². The predicted octanol–water partition coefficient (Wildman–Crippen LogP) is 2.25. The van der Waals surface area contributed by atoms with Crippen LogP contribution in [0.5, 0.6) is 5.75 Å². The number of hydrogen-bond acceptors (Lipinski definition) is 4. The Morgan fingerprint density at radius 2 is 2.17 bits per heavy atom. The zero-order valence-corrected chi connectivity index (χ0v) is 14.6. The second-order valence-corrected chi connectivity index (χ2v) is 7.03. The van der Waals surface area contributed by atoms with Crippen molar-refractivity contribution in [3.05, 3.63) is 29.8 Å². The Hall–Kier alpha value is -1.59. The van der Waals surface area contributed by atoms with Crippen molar-refractivity contribution in [1.29, 1.82) is 0 Å². The molecule has 1 fully saturated rings. The Kier molecular flexibility index (Phi) is 5.41. The number of hydrogen-bond donors (Lipinski definition) is 2. The number of para-hydroxylation sites is 1. The highest BCUT2D eigenvalue weighted by Crippen LogP contribution is 2.32. The summed E-state index contributed by atoms with van der Waals surface area (Å²) in [5.41, 5.74) is 1.06. The summed E-state index contributed by atoms with van der Waals surface area (Å²) in [6, 6.07) is 8.06. The first-order chi connectivity index (χ1) is 11.6. The van der Waals surface area contributed by atoms with Crippen LogP contribution in [-0.2, 0) is 4.79 Å². The minimum absolute atomic E-state index is 0.0164. The van der Waals surface area contributed by atoms with Gasteiger partial charge in [0, 0.05) is 18.0 Å². The van der Waals surface area contributed by atoms with Gasteiger partial charge in [0.05, 0.1) is 24.8 Å². The molecular formula is C19H28N2O3. The second kappa shape index (κ2) is 7.53. The minimum atomic E-state index is -0.326. The molecule has 1 aromatic carbocycles. The van der Waals surface area contributed by atoms with Crippen molar-refractivity contribution < 1.29 is 14.6 Å². The van der Waals surface area contributed by atoms with E-state index in [4.69, 9.17) is 4.74 Å². The van der Waals surface area contributed by atoms with E-state index < -0.39 is 0 Å². The molecule has 0 radical (unpaired) electrons. The lowest BCUT2D eigenvalue weighted by atomic mass is 10.00. The third-order valence-electron chi connectivity index (χ3n) is 5.19. The van der Waals surface area contributed by atoms with Crippen LogP contribution in [0.1, 0.15) is 51.1 Å². The maximum atomic E-state index is 12.8. The zero-order valence-electron chi connectivity index (χ0n) is 14.6. The molecular weight excluding hydrogens is 304 g/mol. The van der Waals surface area contributed by atoms with Crippen LogP contribution < -0.4 is 10.1 Å². The van der Waals surface area contributed by atoms with Crippen LogP contribution >= 0.6 is 0 Å². The van der Waals surface area contributed by atoms with E-state index >= 15 is 0 Å². The third-order valence-corrected chi connectivity index (χ3v) is 5.19. The number of rotatable bonds is 5. The molecule has 0 unspecified atom stereocenters. The molecule has 3 rings (SSSR count). The maximum Gasteiger partial charge on any atom is 0.237 e. The predicted molar refractivity (Wildman–Crippen MR) is 92.9 cm³/mol. The van der Waals surface area contributed by atoms with E-state index in [2.05, 4.69) is 10.2 Å². The summed E-state index contributed by atoms with van der Waals surface area (Å²) in [7, 11) is 0. The molecule has 2 aliphatic rings. The smallest absolute Gasteiger partial charge is 0.237 e. The van der Waals surface area contributed by atoms with Gasteiger partial charge in [0.1, 0.15) is 5.75 Å². The molecule has 2 heterocycles. The maximum absolute atomic E-state index is 12.8. The van der Waals surface area contributed by atoms with E-state index in [1.807, 2.05) is 38.1 Å². The average Bonchev–Trinajstić information content (AvgIpc) is 3.01. The first kappa shape index (κ1) is 17.2. The molecule has 0 saturated carbocycles. The van der Waals surface area contributed by atoms with E-state index in [0.29, 0.717) is 12.6 Å². The van der Waals surface area contributed by atoms with Gasteiger partial charge in [-0.15, -0.1) is 0 Å². The van der Waals surface area contributed by atoms with Gasteiger partial charge in [-0.2, -0.15) is 0 Å². The number of benzene rings is 1. The van der Waals surface area contributed by atoms with E-state index in [1.54, 1.807) is 0 Å². The molecule has 5 heteroatoms. The summed E-state index contributed by atoms with van der Waals surface area (Å²) < 4.78 is 5.67. The van der Waals surface area contributed by atoms with Gasteiger partial charge in [-0.1, -0.05) is 18.2 Å². The van der Waals surface area contributed by atoms with Crippen molar-refractivity contribution in [1.82, 2.24) is 10.2 Å². The summed E-state index contributed by atoms with van der Waals surface area (Å²) in [6.45, 7) is 5.35. The number of amides is 1. The molecule has 2 aliphatic heterocycles. The summed E-state index contributed by atoms with van der Waals surface area (Å²) in [5, 5.41) is 12.9. The number of ether oxygens (including phenoxy) is 1. The van der Waals surface area contributed by atoms with Crippen LogP contribution in [-0.4, -0.2) is 47.3 Å². The van der Waals surface area contributed by atoms with Crippen LogP contribution in [0.2, 0.25) is 0 Å². The SMILES string of the molecule is C[C@H](O)C[C@@H]1CCCN1[C@H](C)C(=O)N[C@H]1CCOc2ccccc21. The van der Waals surface area contributed by atoms with Crippen LogP contribution in [0.4, 0.5) is 0 Å². The van der Waals surface area contributed by atoms with Crippen molar-refractivity contribution in [3.63, 3.8) is 0 Å². The molecule has 24 heavy (non-hydrogen) atoms. The Bertz CT molecular complexity index is 575. The molecule has 1 saturated heterocycles. The number of carbonyl (C=O) groups is 1. The quantitative estimate of drug-likeness (QED) is 0.868. The lowest BCUT2D eigenvalue weighted by molar-refractivity contribution is -0.127. The van der Waals surface area contributed by atoms with Crippen molar-refractivity contribution in [2.45, 2.75) is 63.8 Å². The first-order valence-electron chi connectivity index (χ1n) is 9.02. The summed E-state index contributed by atoms with van der Waals surface area (Å²) in [4.78, 5) is 15.0. The summed E-state index contributed by atoms with van der Waals surface area (Å²) in [5.74, 6) is 0.934. The lowest BCUT2D eigenvalue weighted by Gasteiger charge is -2.33. The van der Waals surface area contributed by atoms with E-state index in [-0.39, 0.29) is 24.1 Å². The van der Waals surface area contributed by atoms with Gasteiger partial charge in [0.15, 0.2) is 0 Å². The minimum Gasteiger partial charge on any atom is -0.493 e. The molecule has 132 valence electrons. The molecule has 4 atom stereocenters. The Balaban J connectivity index is 1.65. The molecule has 0 bridgehead atoms. The van der Waals surface area contributed by atoms with Gasteiger partial charge in [-0.05, 0) is 45.7 Å². The van der Waals surface area contributed by atoms with Gasteiger partial charge in [-0.3, -0.25) is 9.69 Å². The Morgan fingerprint density at radius 3 is 2.96 bits per heavy atom. The van der Waals surface area contributed by atoms with Crippen molar-refractivity contribution >= 4 is 5.91 Å². The van der Waals surface area contributed by atoms with Gasteiger partial charge in [0.25, 0.3) is 0 Å². The molecule has 0 spiro atoms. The number of nitrogens with one attached hydrogen (secondary N) is 1. The number of likely N-dealkylation sites (tertiary alicyclic amines) is 1. The number of carbonyl (C=O) groups excluding carboxylic acids is 1. The van der Waals surface area contributed by atoms with Gasteiger partial charge >= 0.3 is 0 Å². The highest BCUT2D eigenvalue weighted by atomic mass is 16.5. The normalized spacial score (nSPS) is 26.3. The molecule has 5 nitrogen and oxygen atoms in total. The van der Waals surface area contributed by atoms with Gasteiger partial charge in [-0.25, -0.2) is 0 Å². The fraction of sp³-hybridized carbons (Fsp3) is 0.632. The number of aliphatic hydroxyl groups is 1. The highest BCUT2D eigenvalue weighted by Gasteiger charge is 2.34. The monoisotopic (exact) mass is 332 g/mol. The van der Waals surface area contributed by atoms with E-state index in [9.17, 15) is 9.90 Å². The largest absolute Gasteiger partial charge is 0.493 e. The van der Waals surface area contributed by atoms with Gasteiger partial charge < -0.3 is 15.2 Å². The Morgan fingerprint density at radius 1 is 1.38 bits per heavy atom. The second-order valence-electron chi connectivity index (χ2n) is 7.03. The van der Waals surface area contributed by atoms with Crippen LogP contribution in [0.3, 0.4) is 0 Å².